The summed E-state index contributed by atoms with van der Waals surface area (Å²) in [6.45, 7) is 2.11. The van der Waals surface area contributed by atoms with Crippen molar-refractivity contribution < 1.29 is 4.74 Å². The number of aromatic nitrogens is 2. The van der Waals surface area contributed by atoms with Gasteiger partial charge >= 0.3 is 0 Å². The molecule has 0 aromatic carbocycles. The maximum absolute atomic E-state index is 6.01. The molecule has 1 N–H and O–H groups in total. The Hall–Kier alpha value is -1.16. The van der Waals surface area contributed by atoms with Crippen LogP contribution in [0.2, 0.25) is 0 Å². The van der Waals surface area contributed by atoms with Crippen molar-refractivity contribution in [3.63, 3.8) is 0 Å². The lowest BCUT2D eigenvalue weighted by Crippen LogP contribution is -2.34. The molecule has 1 aliphatic heterocycles. The molecule has 0 radical (unpaired) electrons. The van der Waals surface area contributed by atoms with E-state index < -0.39 is 0 Å². The molecule has 0 unspecified atom stereocenters. The van der Waals surface area contributed by atoms with Gasteiger partial charge in [0.05, 0.1) is 5.69 Å². The summed E-state index contributed by atoms with van der Waals surface area (Å²) in [5.41, 5.74) is 2.44. The van der Waals surface area contributed by atoms with Crippen molar-refractivity contribution in [1.82, 2.24) is 15.3 Å². The molecular weight excluding hydrogens is 202 g/mol. The zero-order chi connectivity index (χ0) is 10.8. The van der Waals surface area contributed by atoms with Crippen molar-refractivity contribution >= 4 is 0 Å². The van der Waals surface area contributed by atoms with E-state index in [4.69, 9.17) is 4.74 Å². The predicted octanol–water partition coefficient (Wildman–Crippen LogP) is 1.10. The summed E-state index contributed by atoms with van der Waals surface area (Å²) in [7, 11) is 0. The third kappa shape index (κ3) is 1.89. The van der Waals surface area contributed by atoms with E-state index in [9.17, 15) is 0 Å². The predicted molar refractivity (Wildman–Crippen MR) is 60.6 cm³/mol. The quantitative estimate of drug-likeness (QED) is 0.809. The first-order chi connectivity index (χ1) is 7.93. The first-order valence-electron chi connectivity index (χ1n) is 6.13. The lowest BCUT2D eigenvalue weighted by atomic mass is 10.1. The Morgan fingerprint density at radius 1 is 1.19 bits per heavy atom. The fourth-order valence-electron chi connectivity index (χ4n) is 2.50. The highest BCUT2D eigenvalue weighted by Gasteiger charge is 2.21. The van der Waals surface area contributed by atoms with Crippen molar-refractivity contribution in [2.75, 3.05) is 13.1 Å². The fourth-order valence-corrected chi connectivity index (χ4v) is 2.50. The summed E-state index contributed by atoms with van der Waals surface area (Å²) in [5, 5.41) is 3.34. The van der Waals surface area contributed by atoms with Gasteiger partial charge in [0, 0.05) is 5.56 Å². The Balaban J connectivity index is 1.76. The Morgan fingerprint density at radius 2 is 2.06 bits per heavy atom. The van der Waals surface area contributed by atoms with Crippen LogP contribution in [0, 0.1) is 0 Å². The molecule has 1 aromatic heterocycles. The molecule has 2 aliphatic rings. The molecule has 0 bridgehead atoms. The highest BCUT2D eigenvalue weighted by atomic mass is 16.5. The van der Waals surface area contributed by atoms with Gasteiger partial charge in [-0.15, -0.1) is 0 Å². The van der Waals surface area contributed by atoms with Crippen LogP contribution in [0.4, 0.5) is 0 Å². The van der Waals surface area contributed by atoms with E-state index in [0.29, 0.717) is 6.10 Å². The Morgan fingerprint density at radius 3 is 2.94 bits per heavy atom. The van der Waals surface area contributed by atoms with Crippen LogP contribution >= 0.6 is 0 Å². The second kappa shape index (κ2) is 4.37. The van der Waals surface area contributed by atoms with E-state index in [0.717, 1.165) is 44.7 Å². The van der Waals surface area contributed by atoms with Crippen LogP contribution in [-0.4, -0.2) is 29.2 Å². The number of rotatable bonds is 2. The van der Waals surface area contributed by atoms with Crippen LogP contribution in [0.3, 0.4) is 0 Å². The third-order valence-electron chi connectivity index (χ3n) is 3.40. The van der Waals surface area contributed by atoms with E-state index in [1.54, 1.807) is 6.33 Å². The highest BCUT2D eigenvalue weighted by Crippen LogP contribution is 2.28. The molecule has 1 aliphatic carbocycles. The van der Waals surface area contributed by atoms with Crippen molar-refractivity contribution in [3.8, 4) is 5.88 Å². The van der Waals surface area contributed by atoms with E-state index in [2.05, 4.69) is 15.3 Å². The number of nitrogens with one attached hydrogen (secondary N) is 1. The van der Waals surface area contributed by atoms with Crippen molar-refractivity contribution in [1.29, 1.82) is 0 Å². The first-order valence-corrected chi connectivity index (χ1v) is 6.13. The van der Waals surface area contributed by atoms with Crippen LogP contribution < -0.4 is 10.1 Å². The van der Waals surface area contributed by atoms with Crippen LogP contribution in [0.1, 0.15) is 30.5 Å². The maximum Gasteiger partial charge on any atom is 0.220 e. The van der Waals surface area contributed by atoms with Crippen LogP contribution in [0.25, 0.3) is 0 Å². The normalized spacial score (nSPS) is 20.8. The molecule has 2 heterocycles. The van der Waals surface area contributed by atoms with Crippen molar-refractivity contribution in [2.24, 2.45) is 0 Å². The van der Waals surface area contributed by atoms with E-state index in [-0.39, 0.29) is 0 Å². The molecule has 4 nitrogen and oxygen atoms in total. The van der Waals surface area contributed by atoms with Crippen molar-refractivity contribution in [3.05, 3.63) is 17.6 Å². The van der Waals surface area contributed by atoms with E-state index in [1.807, 2.05) is 0 Å². The summed E-state index contributed by atoms with van der Waals surface area (Å²) >= 11 is 0. The molecular formula is C12H17N3O. The number of piperidine rings is 1. The minimum absolute atomic E-state index is 0.334. The summed E-state index contributed by atoms with van der Waals surface area (Å²) in [5.74, 6) is 0.842. The zero-order valence-electron chi connectivity index (χ0n) is 9.41. The van der Waals surface area contributed by atoms with Gasteiger partial charge in [-0.1, -0.05) is 0 Å². The summed E-state index contributed by atoms with van der Waals surface area (Å²) < 4.78 is 6.01. The summed E-state index contributed by atoms with van der Waals surface area (Å²) in [6, 6.07) is 0. The fraction of sp³-hybridized carbons (Fsp3) is 0.667. The van der Waals surface area contributed by atoms with Gasteiger partial charge < -0.3 is 10.1 Å². The second-order valence-corrected chi connectivity index (χ2v) is 4.52. The Kier molecular flexibility index (Phi) is 2.74. The average molecular weight is 219 g/mol. The van der Waals surface area contributed by atoms with Gasteiger partial charge in [0.25, 0.3) is 0 Å². The summed E-state index contributed by atoms with van der Waals surface area (Å²) in [6.07, 6.45) is 7.49. The van der Waals surface area contributed by atoms with Crippen molar-refractivity contribution in [2.45, 2.75) is 38.2 Å². The summed E-state index contributed by atoms with van der Waals surface area (Å²) in [4.78, 5) is 8.60. The van der Waals surface area contributed by atoms with E-state index in [1.165, 1.54) is 17.7 Å². The van der Waals surface area contributed by atoms with Gasteiger partial charge in [-0.3, -0.25) is 0 Å². The number of ether oxygens (including phenoxy) is 1. The number of hydrogen-bond donors (Lipinski definition) is 1. The zero-order valence-corrected chi connectivity index (χ0v) is 9.41. The molecule has 16 heavy (non-hydrogen) atoms. The highest BCUT2D eigenvalue weighted by molar-refractivity contribution is 5.33. The van der Waals surface area contributed by atoms with E-state index >= 15 is 0 Å². The lowest BCUT2D eigenvalue weighted by molar-refractivity contribution is 0.154. The van der Waals surface area contributed by atoms with Gasteiger partial charge in [-0.2, -0.15) is 0 Å². The molecule has 0 saturated carbocycles. The Labute approximate surface area is 95.4 Å². The standard InChI is InChI=1S/C12H17N3O/c1-2-10-11(3-1)14-8-15-12(10)16-9-4-6-13-7-5-9/h8-9,13H,1-7H2. The van der Waals surface area contributed by atoms with Gasteiger partial charge in [-0.25, -0.2) is 9.97 Å². The molecule has 1 fully saturated rings. The molecule has 1 aromatic rings. The molecule has 4 heteroatoms. The van der Waals surface area contributed by atoms with Crippen LogP contribution in [-0.2, 0) is 12.8 Å². The first kappa shape index (κ1) is 10.0. The number of aryl methyl sites for hydroxylation is 1. The molecule has 3 rings (SSSR count). The minimum Gasteiger partial charge on any atom is -0.474 e. The number of fused-ring (bicyclic) bond motifs is 1. The number of nitrogens with zero attached hydrogens (tertiary/aromatic N) is 2. The smallest absolute Gasteiger partial charge is 0.220 e. The van der Waals surface area contributed by atoms with Gasteiger partial charge in [-0.05, 0) is 45.2 Å². The Bertz CT molecular complexity index is 375. The van der Waals surface area contributed by atoms with Crippen LogP contribution in [0.15, 0.2) is 6.33 Å². The topological polar surface area (TPSA) is 47.0 Å². The average Bonchev–Trinajstić information content (AvgIpc) is 2.80. The lowest BCUT2D eigenvalue weighted by Gasteiger charge is -2.24. The van der Waals surface area contributed by atoms with Crippen LogP contribution in [0.5, 0.6) is 5.88 Å². The SMILES string of the molecule is c1nc2c(c(OC3CCNCC3)n1)CCC2. The van der Waals surface area contributed by atoms with Gasteiger partial charge in [0.1, 0.15) is 12.4 Å². The molecule has 0 spiro atoms. The second-order valence-electron chi connectivity index (χ2n) is 4.52. The largest absolute Gasteiger partial charge is 0.474 e. The molecule has 0 atom stereocenters. The molecule has 1 saturated heterocycles. The monoisotopic (exact) mass is 219 g/mol. The van der Waals surface area contributed by atoms with Gasteiger partial charge in [0.2, 0.25) is 5.88 Å². The molecule has 0 amide bonds. The third-order valence-corrected chi connectivity index (χ3v) is 3.40. The van der Waals surface area contributed by atoms with Gasteiger partial charge in [0.15, 0.2) is 0 Å². The molecule has 86 valence electrons. The minimum atomic E-state index is 0.334. The maximum atomic E-state index is 6.01. The number of hydrogen-bond acceptors (Lipinski definition) is 4.